The van der Waals surface area contributed by atoms with Crippen molar-refractivity contribution in [3.63, 3.8) is 0 Å². The minimum Gasteiger partial charge on any atom is -0.396 e. The predicted octanol–water partition coefficient (Wildman–Crippen LogP) is 1.30. The highest BCUT2D eigenvalue weighted by Crippen LogP contribution is 2.25. The molecule has 1 saturated heterocycles. The van der Waals surface area contributed by atoms with Gasteiger partial charge >= 0.3 is 0 Å². The molecule has 2 rings (SSSR count). The van der Waals surface area contributed by atoms with Crippen LogP contribution in [-0.2, 0) is 9.59 Å². The van der Waals surface area contributed by atoms with E-state index in [0.717, 1.165) is 51.6 Å². The minimum atomic E-state index is -0.0961. The molecule has 0 aromatic carbocycles. The van der Waals surface area contributed by atoms with Crippen molar-refractivity contribution >= 4 is 11.8 Å². The third-order valence-electron chi connectivity index (χ3n) is 4.82. The molecule has 0 aromatic rings. The lowest BCUT2D eigenvalue weighted by molar-refractivity contribution is -0.133. The zero-order valence-electron chi connectivity index (χ0n) is 13.0. The van der Waals surface area contributed by atoms with Crippen LogP contribution in [-0.4, -0.2) is 47.6 Å². The Morgan fingerprint density at radius 1 is 1.19 bits per heavy atom. The average Bonchev–Trinajstić information content (AvgIpc) is 3.01. The fourth-order valence-corrected chi connectivity index (χ4v) is 3.36. The molecule has 0 spiro atoms. The summed E-state index contributed by atoms with van der Waals surface area (Å²) in [6.07, 6.45) is 6.40. The van der Waals surface area contributed by atoms with Gasteiger partial charge in [-0.15, -0.1) is 0 Å². The van der Waals surface area contributed by atoms with Crippen LogP contribution in [0.15, 0.2) is 0 Å². The molecule has 5 nitrogen and oxygen atoms in total. The van der Waals surface area contributed by atoms with Crippen molar-refractivity contribution < 1.29 is 14.7 Å². The number of amides is 2. The zero-order valence-corrected chi connectivity index (χ0v) is 13.0. The summed E-state index contributed by atoms with van der Waals surface area (Å²) in [6.45, 7) is 3.59. The van der Waals surface area contributed by atoms with Crippen LogP contribution in [0.2, 0.25) is 0 Å². The lowest BCUT2D eigenvalue weighted by Crippen LogP contribution is -2.43. The van der Waals surface area contributed by atoms with E-state index in [-0.39, 0.29) is 30.4 Å². The number of likely N-dealkylation sites (tertiary alicyclic amines) is 1. The highest BCUT2D eigenvalue weighted by Gasteiger charge is 2.26. The first-order chi connectivity index (χ1) is 10.1. The maximum atomic E-state index is 12.2. The van der Waals surface area contributed by atoms with Crippen LogP contribution in [0.25, 0.3) is 0 Å². The molecule has 0 bridgehead atoms. The molecular weight excluding hydrogens is 268 g/mol. The fourth-order valence-electron chi connectivity index (χ4n) is 3.36. The molecule has 2 fully saturated rings. The Balaban J connectivity index is 1.70. The molecule has 0 radical (unpaired) electrons. The van der Waals surface area contributed by atoms with Gasteiger partial charge in [0.2, 0.25) is 11.8 Å². The molecule has 1 unspecified atom stereocenters. The Labute approximate surface area is 127 Å². The summed E-state index contributed by atoms with van der Waals surface area (Å²) >= 11 is 0. The summed E-state index contributed by atoms with van der Waals surface area (Å²) in [5.41, 5.74) is 0. The number of hydrogen-bond acceptors (Lipinski definition) is 3. The normalized spacial score (nSPS) is 22.3. The second-order valence-corrected chi connectivity index (χ2v) is 6.60. The molecule has 2 amide bonds. The molecule has 1 aliphatic heterocycles. The van der Waals surface area contributed by atoms with Gasteiger partial charge in [-0.25, -0.2) is 0 Å². The number of hydrogen-bond donors (Lipinski definition) is 2. The number of carbonyl (C=O) groups is 2. The van der Waals surface area contributed by atoms with Gasteiger partial charge in [0.15, 0.2) is 0 Å². The Kier molecular flexibility index (Phi) is 6.03. The predicted molar refractivity (Wildman–Crippen MR) is 80.6 cm³/mol. The number of nitrogens with zero attached hydrogens (tertiary/aromatic N) is 1. The number of rotatable bonds is 5. The van der Waals surface area contributed by atoms with Gasteiger partial charge in [-0.05, 0) is 38.5 Å². The SMILES string of the molecule is CC(CC(=O)N1CCC(CO)CC1)NC(=O)C1CCCC1. The van der Waals surface area contributed by atoms with Crippen LogP contribution in [0, 0.1) is 11.8 Å². The van der Waals surface area contributed by atoms with Crippen LogP contribution < -0.4 is 5.32 Å². The maximum Gasteiger partial charge on any atom is 0.224 e. The van der Waals surface area contributed by atoms with Gasteiger partial charge in [-0.3, -0.25) is 9.59 Å². The molecule has 1 atom stereocenters. The van der Waals surface area contributed by atoms with Crippen LogP contribution >= 0.6 is 0 Å². The molecule has 0 aromatic heterocycles. The number of carbonyl (C=O) groups excluding carboxylic acids is 2. The second-order valence-electron chi connectivity index (χ2n) is 6.60. The van der Waals surface area contributed by atoms with Crippen molar-refractivity contribution in [2.75, 3.05) is 19.7 Å². The number of aliphatic hydroxyl groups is 1. The lowest BCUT2D eigenvalue weighted by Gasteiger charge is -2.32. The van der Waals surface area contributed by atoms with Crippen LogP contribution in [0.1, 0.15) is 51.9 Å². The van der Waals surface area contributed by atoms with Crippen molar-refractivity contribution in [1.82, 2.24) is 10.2 Å². The van der Waals surface area contributed by atoms with E-state index >= 15 is 0 Å². The van der Waals surface area contributed by atoms with E-state index in [1.807, 2.05) is 11.8 Å². The summed E-state index contributed by atoms with van der Waals surface area (Å²) in [5.74, 6) is 0.730. The van der Waals surface area contributed by atoms with Gasteiger partial charge in [0, 0.05) is 38.1 Å². The highest BCUT2D eigenvalue weighted by molar-refractivity contribution is 5.81. The van der Waals surface area contributed by atoms with Gasteiger partial charge in [-0.1, -0.05) is 12.8 Å². The lowest BCUT2D eigenvalue weighted by atomic mass is 9.97. The summed E-state index contributed by atoms with van der Waals surface area (Å²) in [7, 11) is 0. The molecule has 1 aliphatic carbocycles. The first-order valence-electron chi connectivity index (χ1n) is 8.29. The first kappa shape index (κ1) is 16.3. The summed E-state index contributed by atoms with van der Waals surface area (Å²) in [6, 6.07) is -0.0961. The fraction of sp³-hybridized carbons (Fsp3) is 0.875. The van der Waals surface area contributed by atoms with Gasteiger partial charge < -0.3 is 15.3 Å². The Morgan fingerprint density at radius 3 is 2.38 bits per heavy atom. The molecule has 2 N–H and O–H groups in total. The molecule has 1 heterocycles. The van der Waals surface area contributed by atoms with E-state index in [1.54, 1.807) is 0 Å². The van der Waals surface area contributed by atoms with E-state index in [4.69, 9.17) is 5.11 Å². The van der Waals surface area contributed by atoms with Crippen molar-refractivity contribution in [3.05, 3.63) is 0 Å². The standard InChI is InChI=1S/C16H28N2O3/c1-12(17-16(21)14-4-2-3-5-14)10-15(20)18-8-6-13(11-19)7-9-18/h12-14,19H,2-11H2,1H3,(H,17,21). The first-order valence-corrected chi connectivity index (χ1v) is 8.29. The van der Waals surface area contributed by atoms with Crippen molar-refractivity contribution in [1.29, 1.82) is 0 Å². The topological polar surface area (TPSA) is 69.6 Å². The number of nitrogens with one attached hydrogen (secondary N) is 1. The van der Waals surface area contributed by atoms with E-state index in [9.17, 15) is 9.59 Å². The minimum absolute atomic E-state index is 0.0961. The molecule has 2 aliphatic rings. The Morgan fingerprint density at radius 2 is 1.81 bits per heavy atom. The summed E-state index contributed by atoms with van der Waals surface area (Å²) in [4.78, 5) is 26.1. The smallest absolute Gasteiger partial charge is 0.224 e. The third-order valence-corrected chi connectivity index (χ3v) is 4.82. The van der Waals surface area contributed by atoms with Crippen LogP contribution in [0.3, 0.4) is 0 Å². The number of aliphatic hydroxyl groups excluding tert-OH is 1. The van der Waals surface area contributed by atoms with E-state index in [0.29, 0.717) is 12.3 Å². The van der Waals surface area contributed by atoms with Crippen molar-refractivity contribution in [2.45, 2.75) is 57.9 Å². The highest BCUT2D eigenvalue weighted by atomic mass is 16.3. The van der Waals surface area contributed by atoms with E-state index < -0.39 is 0 Å². The van der Waals surface area contributed by atoms with E-state index in [1.165, 1.54) is 0 Å². The quantitative estimate of drug-likeness (QED) is 0.803. The van der Waals surface area contributed by atoms with Gasteiger partial charge in [0.05, 0.1) is 0 Å². The largest absolute Gasteiger partial charge is 0.396 e. The zero-order chi connectivity index (χ0) is 15.2. The molecule has 5 heteroatoms. The molecule has 21 heavy (non-hydrogen) atoms. The molecule has 1 saturated carbocycles. The Hall–Kier alpha value is -1.10. The third kappa shape index (κ3) is 4.70. The molecule has 120 valence electrons. The second kappa shape index (κ2) is 7.78. The Bertz CT molecular complexity index is 359. The average molecular weight is 296 g/mol. The van der Waals surface area contributed by atoms with Crippen LogP contribution in [0.4, 0.5) is 0 Å². The van der Waals surface area contributed by atoms with Crippen molar-refractivity contribution in [3.8, 4) is 0 Å². The van der Waals surface area contributed by atoms with Gasteiger partial charge in [0.1, 0.15) is 0 Å². The summed E-state index contributed by atoms with van der Waals surface area (Å²) < 4.78 is 0. The van der Waals surface area contributed by atoms with E-state index in [2.05, 4.69) is 5.32 Å². The van der Waals surface area contributed by atoms with Gasteiger partial charge in [0.25, 0.3) is 0 Å². The summed E-state index contributed by atoms with van der Waals surface area (Å²) in [5, 5.41) is 12.1. The van der Waals surface area contributed by atoms with Crippen LogP contribution in [0.5, 0.6) is 0 Å². The van der Waals surface area contributed by atoms with Crippen molar-refractivity contribution in [2.24, 2.45) is 11.8 Å². The maximum absolute atomic E-state index is 12.2. The monoisotopic (exact) mass is 296 g/mol. The van der Waals surface area contributed by atoms with Gasteiger partial charge in [-0.2, -0.15) is 0 Å². The molecular formula is C16H28N2O3. The number of piperidine rings is 1.